The molecular weight excluding hydrogens is 384 g/mol. The molecule has 0 unspecified atom stereocenters. The molecule has 0 heterocycles. The zero-order valence-electron chi connectivity index (χ0n) is 14.0. The van der Waals surface area contributed by atoms with Gasteiger partial charge in [0.1, 0.15) is 11.6 Å². The summed E-state index contributed by atoms with van der Waals surface area (Å²) in [6.45, 7) is 1.42. The molecule has 0 aromatic heterocycles. The number of rotatable bonds is 6. The van der Waals surface area contributed by atoms with Crippen molar-refractivity contribution in [2.45, 2.75) is 19.4 Å². The zero-order chi connectivity index (χ0) is 19.3. The molecular formula is C18H16Cl2FNO4. The van der Waals surface area contributed by atoms with E-state index in [0.29, 0.717) is 16.3 Å². The fourth-order valence-corrected chi connectivity index (χ4v) is 2.57. The van der Waals surface area contributed by atoms with Crippen molar-refractivity contribution in [3.63, 3.8) is 0 Å². The maximum Gasteiger partial charge on any atom is 0.311 e. The molecule has 2 rings (SSSR count). The van der Waals surface area contributed by atoms with Gasteiger partial charge < -0.3 is 14.8 Å². The number of halogens is 3. The number of hydrogen-bond acceptors (Lipinski definition) is 4. The van der Waals surface area contributed by atoms with E-state index in [1.54, 1.807) is 18.2 Å². The summed E-state index contributed by atoms with van der Waals surface area (Å²) < 4.78 is 23.3. The van der Waals surface area contributed by atoms with Gasteiger partial charge in [0.05, 0.1) is 24.2 Å². The lowest BCUT2D eigenvalue weighted by Gasteiger charge is -2.15. The molecule has 0 radical (unpaired) electrons. The molecule has 1 N–H and O–H groups in total. The minimum atomic E-state index is -1.08. The van der Waals surface area contributed by atoms with Crippen LogP contribution in [0.4, 0.5) is 10.1 Å². The highest BCUT2D eigenvalue weighted by Gasteiger charge is 2.20. The van der Waals surface area contributed by atoms with Crippen molar-refractivity contribution in [3.05, 3.63) is 57.8 Å². The van der Waals surface area contributed by atoms with Gasteiger partial charge in [0.15, 0.2) is 6.10 Å². The van der Waals surface area contributed by atoms with Crippen LogP contribution in [-0.2, 0) is 20.7 Å². The second-order valence-electron chi connectivity index (χ2n) is 5.38. The van der Waals surface area contributed by atoms with Crippen LogP contribution in [0.25, 0.3) is 0 Å². The molecule has 26 heavy (non-hydrogen) atoms. The first-order valence-corrected chi connectivity index (χ1v) is 8.33. The molecule has 0 aliphatic rings. The number of nitrogens with one attached hydrogen (secondary N) is 1. The van der Waals surface area contributed by atoms with E-state index in [4.69, 9.17) is 32.7 Å². The standard InChI is InChI=1S/C18H16Cl2FNO4/c1-10(18(24)22-15-5-4-13(21)9-14(15)20)26-17(23)8-11-7-12(19)3-6-16(11)25-2/h3-7,9-10H,8H2,1-2H3,(H,22,24)/t10-/m1/s1. The van der Waals surface area contributed by atoms with Crippen molar-refractivity contribution in [3.8, 4) is 5.75 Å². The Kier molecular flexibility index (Phi) is 6.83. The summed E-state index contributed by atoms with van der Waals surface area (Å²) in [7, 11) is 1.47. The molecule has 0 saturated carbocycles. The first-order valence-electron chi connectivity index (χ1n) is 7.58. The third kappa shape index (κ3) is 5.34. The van der Waals surface area contributed by atoms with E-state index in [2.05, 4.69) is 5.32 Å². The molecule has 1 amide bonds. The Morgan fingerprint density at radius 2 is 1.92 bits per heavy atom. The SMILES string of the molecule is COc1ccc(Cl)cc1CC(=O)O[C@H](C)C(=O)Nc1ccc(F)cc1Cl. The number of carbonyl (C=O) groups is 2. The lowest BCUT2D eigenvalue weighted by molar-refractivity contribution is -0.152. The van der Waals surface area contributed by atoms with Crippen molar-refractivity contribution in [1.29, 1.82) is 0 Å². The van der Waals surface area contributed by atoms with Gasteiger partial charge in [-0.25, -0.2) is 4.39 Å². The molecule has 0 aliphatic heterocycles. The Morgan fingerprint density at radius 3 is 2.58 bits per heavy atom. The number of ether oxygens (including phenoxy) is 2. The Hall–Kier alpha value is -2.31. The Balaban J connectivity index is 1.98. The summed E-state index contributed by atoms with van der Waals surface area (Å²) in [6.07, 6.45) is -1.19. The van der Waals surface area contributed by atoms with E-state index in [0.717, 1.165) is 12.1 Å². The molecule has 5 nitrogen and oxygen atoms in total. The second kappa shape index (κ2) is 8.87. The highest BCUT2D eigenvalue weighted by Crippen LogP contribution is 2.24. The summed E-state index contributed by atoms with van der Waals surface area (Å²) >= 11 is 11.8. The van der Waals surface area contributed by atoms with Gasteiger partial charge in [-0.2, -0.15) is 0 Å². The van der Waals surface area contributed by atoms with E-state index in [9.17, 15) is 14.0 Å². The van der Waals surface area contributed by atoms with E-state index >= 15 is 0 Å². The Labute approximate surface area is 160 Å². The van der Waals surface area contributed by atoms with E-state index in [1.807, 2.05) is 0 Å². The van der Waals surface area contributed by atoms with Gasteiger partial charge >= 0.3 is 5.97 Å². The van der Waals surface area contributed by atoms with Crippen molar-refractivity contribution in [1.82, 2.24) is 0 Å². The molecule has 0 aliphatic carbocycles. The number of hydrogen-bond donors (Lipinski definition) is 1. The Morgan fingerprint density at radius 1 is 1.19 bits per heavy atom. The topological polar surface area (TPSA) is 64.6 Å². The van der Waals surface area contributed by atoms with Gasteiger partial charge in [0.2, 0.25) is 0 Å². The monoisotopic (exact) mass is 399 g/mol. The maximum atomic E-state index is 13.0. The fraction of sp³-hybridized carbons (Fsp3) is 0.222. The number of methoxy groups -OCH3 is 1. The number of benzene rings is 2. The first-order chi connectivity index (χ1) is 12.3. The summed E-state index contributed by atoms with van der Waals surface area (Å²) in [6, 6.07) is 8.41. The van der Waals surface area contributed by atoms with Crippen molar-refractivity contribution in [2.75, 3.05) is 12.4 Å². The number of amides is 1. The predicted octanol–water partition coefficient (Wildman–Crippen LogP) is 4.25. The van der Waals surface area contributed by atoms with Gasteiger partial charge in [-0.3, -0.25) is 9.59 Å². The molecule has 138 valence electrons. The van der Waals surface area contributed by atoms with Crippen LogP contribution in [0.2, 0.25) is 10.0 Å². The summed E-state index contributed by atoms with van der Waals surface area (Å²) in [5.41, 5.74) is 0.761. The lowest BCUT2D eigenvalue weighted by atomic mass is 10.1. The van der Waals surface area contributed by atoms with Crippen molar-refractivity contribution in [2.24, 2.45) is 0 Å². The van der Waals surface area contributed by atoms with Gasteiger partial charge in [-0.05, 0) is 43.3 Å². The normalized spacial score (nSPS) is 11.6. The molecule has 0 saturated heterocycles. The number of esters is 1. The van der Waals surface area contributed by atoms with Crippen LogP contribution in [0.1, 0.15) is 12.5 Å². The van der Waals surface area contributed by atoms with Crippen LogP contribution in [-0.4, -0.2) is 25.1 Å². The van der Waals surface area contributed by atoms with Crippen molar-refractivity contribution < 1.29 is 23.5 Å². The quantitative estimate of drug-likeness (QED) is 0.737. The van der Waals surface area contributed by atoms with Crippen LogP contribution in [0.5, 0.6) is 5.75 Å². The molecule has 2 aromatic rings. The summed E-state index contributed by atoms with van der Waals surface area (Å²) in [5, 5.41) is 2.97. The van der Waals surface area contributed by atoms with Crippen LogP contribution < -0.4 is 10.1 Å². The smallest absolute Gasteiger partial charge is 0.311 e. The predicted molar refractivity (Wildman–Crippen MR) is 97.3 cm³/mol. The molecule has 8 heteroatoms. The minimum Gasteiger partial charge on any atom is -0.496 e. The molecule has 0 fully saturated rings. The summed E-state index contributed by atoms with van der Waals surface area (Å²) in [4.78, 5) is 24.2. The fourth-order valence-electron chi connectivity index (χ4n) is 2.16. The van der Waals surface area contributed by atoms with Gasteiger partial charge in [0, 0.05) is 10.6 Å². The number of anilines is 1. The molecule has 2 aromatic carbocycles. The van der Waals surface area contributed by atoms with Gasteiger partial charge in [-0.1, -0.05) is 23.2 Å². The average molecular weight is 400 g/mol. The van der Waals surface area contributed by atoms with Crippen LogP contribution in [0.3, 0.4) is 0 Å². The van der Waals surface area contributed by atoms with E-state index in [-0.39, 0.29) is 17.1 Å². The third-order valence-corrected chi connectivity index (χ3v) is 3.99. The van der Waals surface area contributed by atoms with E-state index < -0.39 is 23.8 Å². The lowest BCUT2D eigenvalue weighted by Crippen LogP contribution is -2.30. The highest BCUT2D eigenvalue weighted by molar-refractivity contribution is 6.33. The third-order valence-electron chi connectivity index (χ3n) is 3.44. The largest absolute Gasteiger partial charge is 0.496 e. The van der Waals surface area contributed by atoms with Crippen LogP contribution >= 0.6 is 23.2 Å². The highest BCUT2D eigenvalue weighted by atomic mass is 35.5. The van der Waals surface area contributed by atoms with Crippen LogP contribution in [0.15, 0.2) is 36.4 Å². The van der Waals surface area contributed by atoms with E-state index in [1.165, 1.54) is 20.1 Å². The van der Waals surface area contributed by atoms with Crippen LogP contribution in [0, 0.1) is 5.82 Å². The van der Waals surface area contributed by atoms with Gasteiger partial charge in [-0.15, -0.1) is 0 Å². The van der Waals surface area contributed by atoms with Crippen molar-refractivity contribution >= 4 is 40.8 Å². The zero-order valence-corrected chi connectivity index (χ0v) is 15.5. The average Bonchev–Trinajstić information content (AvgIpc) is 2.57. The summed E-state index contributed by atoms with van der Waals surface area (Å²) in [5.74, 6) is -1.26. The Bertz CT molecular complexity index is 829. The molecule has 1 atom stereocenters. The number of carbonyl (C=O) groups excluding carboxylic acids is 2. The minimum absolute atomic E-state index is 0.0422. The maximum absolute atomic E-state index is 13.0. The molecule has 0 spiro atoms. The second-order valence-corrected chi connectivity index (χ2v) is 6.22. The van der Waals surface area contributed by atoms with Gasteiger partial charge in [0.25, 0.3) is 5.91 Å². The first kappa shape index (κ1) is 20.0. The molecule has 0 bridgehead atoms.